The predicted octanol–water partition coefficient (Wildman–Crippen LogP) is 1.87. The van der Waals surface area contributed by atoms with Crippen LogP contribution in [0.2, 0.25) is 0 Å². The molecule has 1 atom stereocenters. The summed E-state index contributed by atoms with van der Waals surface area (Å²) in [6.07, 6.45) is 2.05. The third kappa shape index (κ3) is 3.06. The zero-order valence-corrected chi connectivity index (χ0v) is 10.6. The fourth-order valence-electron chi connectivity index (χ4n) is 1.76. The van der Waals surface area contributed by atoms with Crippen LogP contribution in [0, 0.1) is 5.82 Å². The number of aliphatic hydroxyl groups is 1. The molecule has 0 aliphatic heterocycles. The van der Waals surface area contributed by atoms with Gasteiger partial charge in [0.15, 0.2) is 0 Å². The molecule has 0 bridgehead atoms. The number of benzene rings is 1. The molecule has 1 heterocycles. The molecule has 0 radical (unpaired) electrons. The van der Waals surface area contributed by atoms with Crippen molar-refractivity contribution in [1.29, 1.82) is 0 Å². The number of carbonyl (C=O) groups excluding carboxylic acids is 1. The van der Waals surface area contributed by atoms with E-state index in [2.05, 4.69) is 10.3 Å². The highest BCUT2D eigenvalue weighted by molar-refractivity contribution is 5.97. The molecule has 1 aromatic heterocycles. The van der Waals surface area contributed by atoms with Gasteiger partial charge in [-0.1, -0.05) is 6.92 Å². The van der Waals surface area contributed by atoms with Crippen molar-refractivity contribution in [2.24, 2.45) is 0 Å². The lowest BCUT2D eigenvalue weighted by molar-refractivity contribution is 0.0915. The first-order valence-corrected chi connectivity index (χ1v) is 6.11. The van der Waals surface area contributed by atoms with Crippen LogP contribution in [-0.4, -0.2) is 28.6 Å². The van der Waals surface area contributed by atoms with Gasteiger partial charge < -0.3 is 10.4 Å². The Morgan fingerprint density at radius 3 is 2.95 bits per heavy atom. The van der Waals surface area contributed by atoms with E-state index < -0.39 is 0 Å². The molecule has 19 heavy (non-hydrogen) atoms. The summed E-state index contributed by atoms with van der Waals surface area (Å²) in [6.45, 7) is 1.77. The second-order valence-corrected chi connectivity index (χ2v) is 4.32. The van der Waals surface area contributed by atoms with Crippen molar-refractivity contribution >= 4 is 16.8 Å². The number of carbonyl (C=O) groups is 1. The van der Waals surface area contributed by atoms with Gasteiger partial charge in [0, 0.05) is 17.6 Å². The van der Waals surface area contributed by atoms with E-state index in [9.17, 15) is 9.18 Å². The summed E-state index contributed by atoms with van der Waals surface area (Å²) in [5.74, 6) is -0.650. The van der Waals surface area contributed by atoms with Crippen molar-refractivity contribution in [3.8, 4) is 0 Å². The fourth-order valence-corrected chi connectivity index (χ4v) is 1.76. The number of nitrogens with one attached hydrogen (secondary N) is 1. The molecule has 0 spiro atoms. The number of nitrogens with zero attached hydrogens (tertiary/aromatic N) is 1. The van der Waals surface area contributed by atoms with Crippen molar-refractivity contribution in [2.75, 3.05) is 6.61 Å². The highest BCUT2D eigenvalue weighted by atomic mass is 19.1. The predicted molar refractivity (Wildman–Crippen MR) is 70.3 cm³/mol. The quantitative estimate of drug-likeness (QED) is 0.884. The van der Waals surface area contributed by atoms with Gasteiger partial charge in [0.25, 0.3) is 5.91 Å². The van der Waals surface area contributed by atoms with E-state index in [1.165, 1.54) is 18.3 Å². The molecule has 5 heteroatoms. The smallest absolute Gasteiger partial charge is 0.253 e. The largest absolute Gasteiger partial charge is 0.394 e. The van der Waals surface area contributed by atoms with E-state index in [1.54, 1.807) is 12.1 Å². The maximum atomic E-state index is 13.0. The minimum atomic E-state index is -0.358. The number of halogens is 1. The summed E-state index contributed by atoms with van der Waals surface area (Å²) in [4.78, 5) is 16.0. The lowest BCUT2D eigenvalue weighted by Gasteiger charge is -2.13. The zero-order valence-electron chi connectivity index (χ0n) is 10.6. The van der Waals surface area contributed by atoms with Crippen molar-refractivity contribution in [3.05, 3.63) is 41.8 Å². The topological polar surface area (TPSA) is 62.2 Å². The van der Waals surface area contributed by atoms with Crippen LogP contribution in [0.4, 0.5) is 4.39 Å². The molecule has 0 saturated heterocycles. The van der Waals surface area contributed by atoms with Gasteiger partial charge in [-0.05, 0) is 24.6 Å². The number of pyridine rings is 1. The van der Waals surface area contributed by atoms with Gasteiger partial charge in [0.1, 0.15) is 5.82 Å². The van der Waals surface area contributed by atoms with E-state index in [1.807, 2.05) is 6.92 Å². The average molecular weight is 262 g/mol. The van der Waals surface area contributed by atoms with Gasteiger partial charge in [-0.25, -0.2) is 4.39 Å². The highest BCUT2D eigenvalue weighted by Crippen LogP contribution is 2.14. The molecule has 0 aliphatic rings. The second kappa shape index (κ2) is 5.75. The standard InChI is InChI=1S/C14H15FN2O2/c1-2-12(8-18)17-14(19)10-5-9-3-4-11(15)6-13(9)16-7-10/h3-7,12,18H,2,8H2,1H3,(H,17,19). The van der Waals surface area contributed by atoms with Crippen LogP contribution in [0.3, 0.4) is 0 Å². The molecule has 0 fully saturated rings. The highest BCUT2D eigenvalue weighted by Gasteiger charge is 2.12. The Morgan fingerprint density at radius 2 is 2.26 bits per heavy atom. The van der Waals surface area contributed by atoms with E-state index in [0.717, 1.165) is 0 Å². The summed E-state index contributed by atoms with van der Waals surface area (Å²) in [6, 6.07) is 5.61. The molecule has 1 aromatic carbocycles. The van der Waals surface area contributed by atoms with Gasteiger partial charge in [-0.15, -0.1) is 0 Å². The number of amides is 1. The van der Waals surface area contributed by atoms with Crippen LogP contribution >= 0.6 is 0 Å². The van der Waals surface area contributed by atoms with Crippen LogP contribution in [0.1, 0.15) is 23.7 Å². The maximum absolute atomic E-state index is 13.0. The summed E-state index contributed by atoms with van der Waals surface area (Å²) >= 11 is 0. The van der Waals surface area contributed by atoms with Gasteiger partial charge in [0.05, 0.1) is 23.7 Å². The minimum Gasteiger partial charge on any atom is -0.394 e. The van der Waals surface area contributed by atoms with Crippen molar-refractivity contribution in [1.82, 2.24) is 10.3 Å². The summed E-state index contributed by atoms with van der Waals surface area (Å²) < 4.78 is 13.0. The number of aliphatic hydroxyl groups excluding tert-OH is 1. The van der Waals surface area contributed by atoms with Crippen LogP contribution < -0.4 is 5.32 Å². The lowest BCUT2D eigenvalue weighted by atomic mass is 10.1. The van der Waals surface area contributed by atoms with Crippen LogP contribution in [0.25, 0.3) is 10.9 Å². The number of aromatic nitrogens is 1. The molecule has 2 rings (SSSR count). The summed E-state index contributed by atoms with van der Waals surface area (Å²) in [5.41, 5.74) is 0.900. The van der Waals surface area contributed by atoms with Crippen LogP contribution in [0.5, 0.6) is 0 Å². The van der Waals surface area contributed by atoms with Crippen LogP contribution in [0.15, 0.2) is 30.5 Å². The molecule has 0 aliphatic carbocycles. The Kier molecular flexibility index (Phi) is 4.06. The first kappa shape index (κ1) is 13.4. The molecular formula is C14H15FN2O2. The molecular weight excluding hydrogens is 247 g/mol. The molecule has 4 nitrogen and oxygen atoms in total. The summed E-state index contributed by atoms with van der Waals surface area (Å²) in [7, 11) is 0. The van der Waals surface area contributed by atoms with Crippen LogP contribution in [-0.2, 0) is 0 Å². The number of hydrogen-bond acceptors (Lipinski definition) is 3. The van der Waals surface area contributed by atoms with Gasteiger partial charge in [0.2, 0.25) is 0 Å². The normalized spacial score (nSPS) is 12.4. The number of rotatable bonds is 4. The second-order valence-electron chi connectivity index (χ2n) is 4.32. The van der Waals surface area contributed by atoms with E-state index in [-0.39, 0.29) is 24.4 Å². The molecule has 100 valence electrons. The van der Waals surface area contributed by atoms with Crippen molar-refractivity contribution < 1.29 is 14.3 Å². The molecule has 0 saturated carbocycles. The van der Waals surface area contributed by atoms with Gasteiger partial charge in [-0.3, -0.25) is 9.78 Å². The van der Waals surface area contributed by atoms with Gasteiger partial charge in [-0.2, -0.15) is 0 Å². The Labute approximate surface area is 110 Å². The van der Waals surface area contributed by atoms with E-state index >= 15 is 0 Å². The fraction of sp³-hybridized carbons (Fsp3) is 0.286. The maximum Gasteiger partial charge on any atom is 0.253 e. The van der Waals surface area contributed by atoms with E-state index in [0.29, 0.717) is 22.9 Å². The van der Waals surface area contributed by atoms with Crippen molar-refractivity contribution in [3.63, 3.8) is 0 Å². The molecule has 2 aromatic rings. The first-order valence-electron chi connectivity index (χ1n) is 6.11. The van der Waals surface area contributed by atoms with E-state index in [4.69, 9.17) is 5.11 Å². The molecule has 2 N–H and O–H groups in total. The Hall–Kier alpha value is -2.01. The monoisotopic (exact) mass is 262 g/mol. The first-order chi connectivity index (χ1) is 9.13. The Bertz CT molecular complexity index is 597. The average Bonchev–Trinajstić information content (AvgIpc) is 2.43. The number of fused-ring (bicyclic) bond motifs is 1. The SMILES string of the molecule is CCC(CO)NC(=O)c1cnc2cc(F)ccc2c1. The summed E-state index contributed by atoms with van der Waals surface area (Å²) in [5, 5.41) is 12.5. The Balaban J connectivity index is 2.25. The molecule has 1 unspecified atom stereocenters. The number of hydrogen-bond donors (Lipinski definition) is 2. The third-order valence-electron chi connectivity index (χ3n) is 2.96. The minimum absolute atomic E-state index is 0.103. The molecule has 1 amide bonds. The van der Waals surface area contributed by atoms with Gasteiger partial charge >= 0.3 is 0 Å². The Morgan fingerprint density at radius 1 is 1.47 bits per heavy atom. The third-order valence-corrected chi connectivity index (χ3v) is 2.96. The zero-order chi connectivity index (χ0) is 13.8. The lowest BCUT2D eigenvalue weighted by Crippen LogP contribution is -2.36. The van der Waals surface area contributed by atoms with Crippen molar-refractivity contribution in [2.45, 2.75) is 19.4 Å².